The first kappa shape index (κ1) is 16.2. The maximum Gasteiger partial charge on any atom is 0.231 e. The highest BCUT2D eigenvalue weighted by Gasteiger charge is 2.20. The first-order valence-electron chi connectivity index (χ1n) is 5.11. The summed E-state index contributed by atoms with van der Waals surface area (Å²) in [5, 5.41) is 10.8. The fraction of sp³-hybridized carbons (Fsp3) is 0.818. The molecule has 0 aromatic heterocycles. The Hall–Kier alpha value is -1.24. The second kappa shape index (κ2) is 10.8. The van der Waals surface area contributed by atoms with Crippen molar-refractivity contribution in [3.63, 3.8) is 0 Å². The van der Waals surface area contributed by atoms with Crippen LogP contribution in [0.1, 0.15) is 40.0 Å². The lowest BCUT2D eigenvalue weighted by Gasteiger charge is -2.29. The summed E-state index contributed by atoms with van der Waals surface area (Å²) in [6.07, 6.45) is 5.88. The zero-order chi connectivity index (χ0) is 12.3. The zero-order valence-electron chi connectivity index (χ0n) is 9.67. The predicted molar refractivity (Wildman–Crippen MR) is 58.2 cm³/mol. The molecule has 1 fully saturated rings. The van der Waals surface area contributed by atoms with E-state index in [0.29, 0.717) is 0 Å². The number of hydrogen-bond acceptors (Lipinski definition) is 4. The molecule has 2 N–H and O–H groups in total. The van der Waals surface area contributed by atoms with E-state index in [1.165, 1.54) is 19.3 Å². The molecule has 0 aliphatic heterocycles. The normalized spacial score (nSPS) is 28.1. The molecule has 0 aromatic rings. The van der Waals surface area contributed by atoms with E-state index in [1.54, 1.807) is 0 Å². The second-order valence-corrected chi connectivity index (χ2v) is 4.08. The molecule has 3 unspecified atom stereocenters. The molecule has 0 spiro atoms. The Balaban J connectivity index is 0. The van der Waals surface area contributed by atoms with E-state index >= 15 is 0 Å². The molecule has 1 aliphatic carbocycles. The SMILES string of the molecule is CC1CCC(C)C(C)C1.N=C=O.N=C=O. The number of rotatable bonds is 0. The first-order valence-corrected chi connectivity index (χ1v) is 5.11. The van der Waals surface area contributed by atoms with Gasteiger partial charge in [-0.2, -0.15) is 0 Å². The fourth-order valence-electron chi connectivity index (χ4n) is 1.82. The fourth-order valence-corrected chi connectivity index (χ4v) is 1.82. The summed E-state index contributed by atoms with van der Waals surface area (Å²) in [6, 6.07) is 0. The minimum absolute atomic E-state index is 0.750. The third-order valence-corrected chi connectivity index (χ3v) is 2.86. The average Bonchev–Trinajstić information content (AvgIpc) is 2.14. The van der Waals surface area contributed by atoms with Crippen LogP contribution in [0.3, 0.4) is 0 Å². The van der Waals surface area contributed by atoms with Crippen molar-refractivity contribution < 1.29 is 9.59 Å². The van der Waals surface area contributed by atoms with Gasteiger partial charge in [0.2, 0.25) is 12.2 Å². The molecule has 1 saturated carbocycles. The van der Waals surface area contributed by atoms with E-state index in [0.717, 1.165) is 29.9 Å². The van der Waals surface area contributed by atoms with Gasteiger partial charge in [-0.3, -0.25) is 0 Å². The third-order valence-electron chi connectivity index (χ3n) is 2.86. The van der Waals surface area contributed by atoms with Gasteiger partial charge in [0.1, 0.15) is 0 Å². The van der Waals surface area contributed by atoms with E-state index in [-0.39, 0.29) is 0 Å². The van der Waals surface area contributed by atoms with Crippen molar-refractivity contribution >= 4 is 12.2 Å². The van der Waals surface area contributed by atoms with Crippen LogP contribution in [0.5, 0.6) is 0 Å². The Bertz CT molecular complexity index is 205. The van der Waals surface area contributed by atoms with Crippen molar-refractivity contribution in [1.29, 1.82) is 10.8 Å². The Kier molecular flexibility index (Phi) is 11.7. The Morgan fingerprint density at radius 3 is 1.60 bits per heavy atom. The van der Waals surface area contributed by atoms with Crippen LogP contribution in [0.15, 0.2) is 0 Å². The van der Waals surface area contributed by atoms with Crippen molar-refractivity contribution in [3.05, 3.63) is 0 Å². The van der Waals surface area contributed by atoms with Gasteiger partial charge in [0, 0.05) is 0 Å². The zero-order valence-corrected chi connectivity index (χ0v) is 9.67. The number of isocyanates is 2. The van der Waals surface area contributed by atoms with E-state index < -0.39 is 0 Å². The van der Waals surface area contributed by atoms with E-state index in [2.05, 4.69) is 20.8 Å². The topological polar surface area (TPSA) is 81.8 Å². The molecule has 1 rings (SSSR count). The number of nitrogens with one attached hydrogen (secondary N) is 2. The summed E-state index contributed by atoms with van der Waals surface area (Å²) in [5.41, 5.74) is 0. The molecular formula is C11H20N2O2. The third kappa shape index (κ3) is 10.7. The predicted octanol–water partition coefficient (Wildman–Crippen LogP) is 2.88. The van der Waals surface area contributed by atoms with Crippen LogP contribution in [-0.4, -0.2) is 12.2 Å². The van der Waals surface area contributed by atoms with E-state index in [9.17, 15) is 0 Å². The van der Waals surface area contributed by atoms with Gasteiger partial charge in [-0.05, 0) is 24.2 Å². The smallest absolute Gasteiger partial charge is 0.222 e. The second-order valence-electron chi connectivity index (χ2n) is 4.08. The van der Waals surface area contributed by atoms with E-state index in [1.807, 2.05) is 0 Å². The minimum Gasteiger partial charge on any atom is -0.222 e. The summed E-state index contributed by atoms with van der Waals surface area (Å²) >= 11 is 0. The summed E-state index contributed by atoms with van der Waals surface area (Å²) < 4.78 is 0. The van der Waals surface area contributed by atoms with Crippen LogP contribution in [-0.2, 0) is 9.59 Å². The van der Waals surface area contributed by atoms with Crippen LogP contribution in [0.25, 0.3) is 0 Å². The van der Waals surface area contributed by atoms with Crippen LogP contribution in [0.4, 0.5) is 0 Å². The van der Waals surface area contributed by atoms with Crippen LogP contribution >= 0.6 is 0 Å². The lowest BCUT2D eigenvalue weighted by Crippen LogP contribution is -2.18. The molecule has 1 aliphatic rings. The van der Waals surface area contributed by atoms with Crippen LogP contribution < -0.4 is 0 Å². The van der Waals surface area contributed by atoms with Gasteiger partial charge >= 0.3 is 0 Å². The summed E-state index contributed by atoms with van der Waals surface area (Å²) in [4.78, 5) is 16.7. The first-order chi connectivity index (χ1) is 7.03. The lowest BCUT2D eigenvalue weighted by molar-refractivity contribution is 0.220. The number of hydrogen-bond donors (Lipinski definition) is 2. The van der Waals surface area contributed by atoms with Crippen molar-refractivity contribution in [2.24, 2.45) is 17.8 Å². The molecule has 0 bridgehead atoms. The molecule has 0 aromatic carbocycles. The summed E-state index contributed by atoms with van der Waals surface area (Å²) in [5.74, 6) is 2.96. The van der Waals surface area contributed by atoms with Gasteiger partial charge in [0.15, 0.2) is 0 Å². The Morgan fingerprint density at radius 1 is 0.933 bits per heavy atom. The molecule has 15 heavy (non-hydrogen) atoms. The van der Waals surface area contributed by atoms with Crippen molar-refractivity contribution in [3.8, 4) is 0 Å². The van der Waals surface area contributed by atoms with Gasteiger partial charge in [-0.15, -0.1) is 0 Å². The van der Waals surface area contributed by atoms with Gasteiger partial charge in [-0.1, -0.05) is 33.6 Å². The highest BCUT2D eigenvalue weighted by Crippen LogP contribution is 2.32. The van der Waals surface area contributed by atoms with Gasteiger partial charge in [0.05, 0.1) is 0 Å². The molecule has 86 valence electrons. The maximum absolute atomic E-state index is 8.35. The van der Waals surface area contributed by atoms with Crippen molar-refractivity contribution in [1.82, 2.24) is 0 Å². The van der Waals surface area contributed by atoms with Gasteiger partial charge in [0.25, 0.3) is 0 Å². The molecule has 4 nitrogen and oxygen atoms in total. The monoisotopic (exact) mass is 212 g/mol. The van der Waals surface area contributed by atoms with Gasteiger partial charge < -0.3 is 0 Å². The minimum atomic E-state index is 0.750. The highest BCUT2D eigenvalue weighted by molar-refractivity contribution is 5.26. The Labute approximate surface area is 91.1 Å². The molecule has 0 radical (unpaired) electrons. The molecule has 4 heteroatoms. The molecular weight excluding hydrogens is 192 g/mol. The largest absolute Gasteiger partial charge is 0.231 e. The summed E-state index contributed by atoms with van der Waals surface area (Å²) in [7, 11) is 0. The van der Waals surface area contributed by atoms with Crippen molar-refractivity contribution in [2.45, 2.75) is 40.0 Å². The summed E-state index contributed by atoms with van der Waals surface area (Å²) in [6.45, 7) is 7.15. The standard InChI is InChI=1S/C9H18.2CHNO/c1-7-4-5-8(2)9(3)6-7;2*2-1-3/h7-9H,4-6H2,1-3H3;2*2H. The van der Waals surface area contributed by atoms with Gasteiger partial charge in [-0.25, -0.2) is 20.4 Å². The molecule has 0 heterocycles. The number of carbonyl (C=O) groups excluding carboxylic acids is 2. The average molecular weight is 212 g/mol. The molecule has 0 amide bonds. The highest BCUT2D eigenvalue weighted by atomic mass is 16.1. The van der Waals surface area contributed by atoms with Crippen LogP contribution in [0.2, 0.25) is 0 Å². The van der Waals surface area contributed by atoms with Crippen molar-refractivity contribution in [2.75, 3.05) is 0 Å². The van der Waals surface area contributed by atoms with E-state index in [4.69, 9.17) is 20.4 Å². The quantitative estimate of drug-likeness (QED) is 0.478. The molecule has 0 saturated heterocycles. The van der Waals surface area contributed by atoms with Crippen LogP contribution in [0, 0.1) is 28.6 Å². The molecule has 3 atom stereocenters. The Morgan fingerprint density at radius 2 is 1.33 bits per heavy atom. The lowest BCUT2D eigenvalue weighted by atomic mass is 9.77. The maximum atomic E-state index is 8.35.